The maximum absolute atomic E-state index is 12.9. The molecule has 0 radical (unpaired) electrons. The maximum atomic E-state index is 12.9. The van der Waals surface area contributed by atoms with Crippen molar-refractivity contribution in [2.75, 3.05) is 6.61 Å². The summed E-state index contributed by atoms with van der Waals surface area (Å²) in [7, 11) is 0. The summed E-state index contributed by atoms with van der Waals surface area (Å²) in [4.78, 5) is 14.6. The molecule has 0 aromatic carbocycles. The Kier molecular flexibility index (Phi) is 3.57. The number of esters is 1. The molecule has 1 heterocycles. The molecule has 0 bridgehead atoms. The Morgan fingerprint density at radius 2 is 2.62 bits per heavy atom. The molecule has 0 atom stereocenters. The summed E-state index contributed by atoms with van der Waals surface area (Å²) < 4.78 is 17.3. The molecule has 0 amide bonds. The number of rotatable bonds is 3. The molecule has 0 N–H and O–H groups in total. The summed E-state index contributed by atoms with van der Waals surface area (Å²) in [6.45, 7) is 1.78. The van der Waals surface area contributed by atoms with Gasteiger partial charge in [-0.05, 0) is 6.92 Å². The minimum absolute atomic E-state index is 0.165. The number of ether oxygens (including phenoxy) is 1. The number of nitrogens with zero attached hydrogens (tertiary/aromatic N) is 1. The Balaban J connectivity index is 2.66. The maximum Gasteiger partial charge on any atom is 0.367 e. The fraction of sp³-hybridized carbons (Fsp3) is 0.250. The zero-order chi connectivity index (χ0) is 9.68. The van der Waals surface area contributed by atoms with Crippen LogP contribution in [0.1, 0.15) is 11.9 Å². The monoisotopic (exact) mass is 201 g/mol. The van der Waals surface area contributed by atoms with Crippen LogP contribution in [0, 0.1) is 0 Å². The molecule has 0 aliphatic carbocycles. The van der Waals surface area contributed by atoms with Crippen molar-refractivity contribution in [2.45, 2.75) is 6.92 Å². The largest absolute Gasteiger partial charge is 0.461 e. The molecule has 0 saturated heterocycles. The highest BCUT2D eigenvalue weighted by atomic mass is 32.1. The van der Waals surface area contributed by atoms with Gasteiger partial charge in [0.05, 0.1) is 6.61 Å². The number of thiazole rings is 1. The van der Waals surface area contributed by atoms with Crippen LogP contribution in [-0.4, -0.2) is 17.6 Å². The smallest absolute Gasteiger partial charge is 0.367 e. The standard InChI is InChI=1S/C8H8FNO2S/c1-2-12-8(11)6(9)5-7-10-3-4-13-7/h3-5H,2H2,1H3/b6-5+. The van der Waals surface area contributed by atoms with Gasteiger partial charge in [0.25, 0.3) is 0 Å². The van der Waals surface area contributed by atoms with E-state index in [1.807, 2.05) is 0 Å². The highest BCUT2D eigenvalue weighted by Crippen LogP contribution is 2.11. The van der Waals surface area contributed by atoms with Crippen molar-refractivity contribution in [3.63, 3.8) is 0 Å². The van der Waals surface area contributed by atoms with Crippen molar-refractivity contribution >= 4 is 23.4 Å². The lowest BCUT2D eigenvalue weighted by molar-refractivity contribution is -0.140. The van der Waals surface area contributed by atoms with E-state index in [0.29, 0.717) is 5.01 Å². The van der Waals surface area contributed by atoms with Crippen LogP contribution in [-0.2, 0) is 9.53 Å². The molecular weight excluding hydrogens is 193 g/mol. The van der Waals surface area contributed by atoms with E-state index in [1.54, 1.807) is 12.3 Å². The van der Waals surface area contributed by atoms with E-state index in [-0.39, 0.29) is 6.61 Å². The van der Waals surface area contributed by atoms with Gasteiger partial charge in [-0.1, -0.05) is 0 Å². The molecule has 0 saturated carbocycles. The Labute approximate surface area is 78.9 Å². The van der Waals surface area contributed by atoms with Crippen LogP contribution < -0.4 is 0 Å². The van der Waals surface area contributed by atoms with Gasteiger partial charge in [-0.2, -0.15) is 4.39 Å². The zero-order valence-electron chi connectivity index (χ0n) is 6.99. The van der Waals surface area contributed by atoms with Crippen LogP contribution in [0.2, 0.25) is 0 Å². The van der Waals surface area contributed by atoms with Gasteiger partial charge in [-0.25, -0.2) is 9.78 Å². The van der Waals surface area contributed by atoms with Gasteiger partial charge in [0.15, 0.2) is 0 Å². The second kappa shape index (κ2) is 4.71. The van der Waals surface area contributed by atoms with E-state index >= 15 is 0 Å². The lowest BCUT2D eigenvalue weighted by Crippen LogP contribution is -2.03. The van der Waals surface area contributed by atoms with E-state index in [2.05, 4.69) is 9.72 Å². The first kappa shape index (κ1) is 9.85. The molecular formula is C8H8FNO2S. The van der Waals surface area contributed by atoms with Gasteiger partial charge in [0, 0.05) is 17.7 Å². The van der Waals surface area contributed by atoms with Gasteiger partial charge in [0.1, 0.15) is 5.01 Å². The van der Waals surface area contributed by atoms with Crippen molar-refractivity contribution in [3.8, 4) is 0 Å². The Morgan fingerprint density at radius 3 is 3.15 bits per heavy atom. The second-order valence-corrected chi connectivity index (χ2v) is 3.01. The number of halogens is 1. The molecule has 70 valence electrons. The number of aromatic nitrogens is 1. The molecule has 1 rings (SSSR count). The predicted molar refractivity (Wildman–Crippen MR) is 47.8 cm³/mol. The molecule has 0 aliphatic rings. The first-order valence-corrected chi connectivity index (χ1v) is 4.55. The number of hydrogen-bond donors (Lipinski definition) is 0. The summed E-state index contributed by atoms with van der Waals surface area (Å²) in [6, 6.07) is 0. The summed E-state index contributed by atoms with van der Waals surface area (Å²) in [6.07, 6.45) is 2.59. The summed E-state index contributed by atoms with van der Waals surface area (Å²) in [5, 5.41) is 2.15. The van der Waals surface area contributed by atoms with Gasteiger partial charge in [0.2, 0.25) is 5.83 Å². The highest BCUT2D eigenvalue weighted by Gasteiger charge is 2.09. The molecule has 1 aromatic rings. The Hall–Kier alpha value is -1.23. The highest BCUT2D eigenvalue weighted by molar-refractivity contribution is 7.10. The van der Waals surface area contributed by atoms with Crippen molar-refractivity contribution in [2.24, 2.45) is 0 Å². The van der Waals surface area contributed by atoms with E-state index < -0.39 is 11.8 Å². The Morgan fingerprint density at radius 1 is 1.85 bits per heavy atom. The first-order valence-electron chi connectivity index (χ1n) is 3.68. The average molecular weight is 201 g/mol. The van der Waals surface area contributed by atoms with Crippen molar-refractivity contribution in [1.82, 2.24) is 4.98 Å². The van der Waals surface area contributed by atoms with E-state index in [9.17, 15) is 9.18 Å². The normalized spacial score (nSPS) is 11.4. The topological polar surface area (TPSA) is 39.2 Å². The van der Waals surface area contributed by atoms with Gasteiger partial charge in [-0.3, -0.25) is 0 Å². The molecule has 5 heteroatoms. The third-order valence-electron chi connectivity index (χ3n) is 1.17. The average Bonchev–Trinajstić information content (AvgIpc) is 2.57. The molecule has 3 nitrogen and oxygen atoms in total. The molecule has 0 unspecified atom stereocenters. The minimum atomic E-state index is -0.947. The quantitative estimate of drug-likeness (QED) is 0.554. The molecule has 0 aliphatic heterocycles. The van der Waals surface area contributed by atoms with Gasteiger partial charge >= 0.3 is 5.97 Å². The fourth-order valence-corrected chi connectivity index (χ4v) is 1.23. The predicted octanol–water partition coefficient (Wildman–Crippen LogP) is 2.02. The lowest BCUT2D eigenvalue weighted by atomic mass is 10.5. The van der Waals surface area contributed by atoms with E-state index in [1.165, 1.54) is 17.5 Å². The van der Waals surface area contributed by atoms with Crippen molar-refractivity contribution in [3.05, 3.63) is 22.4 Å². The second-order valence-electron chi connectivity index (χ2n) is 2.08. The third kappa shape index (κ3) is 2.95. The third-order valence-corrected chi connectivity index (χ3v) is 1.89. The molecule has 13 heavy (non-hydrogen) atoms. The van der Waals surface area contributed by atoms with Crippen molar-refractivity contribution < 1.29 is 13.9 Å². The first-order chi connectivity index (χ1) is 6.24. The molecule has 1 aromatic heterocycles. The van der Waals surface area contributed by atoms with Crippen LogP contribution in [0.5, 0.6) is 0 Å². The molecule has 0 fully saturated rings. The van der Waals surface area contributed by atoms with E-state index in [0.717, 1.165) is 6.08 Å². The van der Waals surface area contributed by atoms with Crippen LogP contribution in [0.3, 0.4) is 0 Å². The SMILES string of the molecule is CCOC(=O)/C(F)=C\c1nccs1. The van der Waals surface area contributed by atoms with Gasteiger partial charge < -0.3 is 4.74 Å². The molecule has 0 spiro atoms. The number of carbonyl (C=O) groups excluding carboxylic acids is 1. The summed E-state index contributed by atoms with van der Waals surface area (Å²) in [5.41, 5.74) is 0. The summed E-state index contributed by atoms with van der Waals surface area (Å²) >= 11 is 1.25. The zero-order valence-corrected chi connectivity index (χ0v) is 7.81. The van der Waals surface area contributed by atoms with Crippen molar-refractivity contribution in [1.29, 1.82) is 0 Å². The van der Waals surface area contributed by atoms with Crippen LogP contribution >= 0.6 is 11.3 Å². The number of carbonyl (C=O) groups is 1. The minimum Gasteiger partial charge on any atom is -0.461 e. The summed E-state index contributed by atoms with van der Waals surface area (Å²) in [5.74, 6) is -1.87. The fourth-order valence-electron chi connectivity index (χ4n) is 0.673. The van der Waals surface area contributed by atoms with Crippen LogP contribution in [0.25, 0.3) is 6.08 Å². The lowest BCUT2D eigenvalue weighted by Gasteiger charge is -1.96. The number of hydrogen-bond acceptors (Lipinski definition) is 4. The van der Waals surface area contributed by atoms with Crippen LogP contribution in [0.4, 0.5) is 4.39 Å². The van der Waals surface area contributed by atoms with Crippen LogP contribution in [0.15, 0.2) is 17.4 Å². The van der Waals surface area contributed by atoms with Gasteiger partial charge in [-0.15, -0.1) is 11.3 Å². The Bertz CT molecular complexity index is 308. The van der Waals surface area contributed by atoms with E-state index in [4.69, 9.17) is 0 Å².